The van der Waals surface area contributed by atoms with E-state index in [1.54, 1.807) is 0 Å². The van der Waals surface area contributed by atoms with Crippen LogP contribution in [-0.2, 0) is 4.79 Å². The van der Waals surface area contributed by atoms with Crippen LogP contribution in [0.5, 0.6) is 0 Å². The number of rotatable bonds is 4. The molecule has 14 heavy (non-hydrogen) atoms. The number of Topliss-reactive ketones (excluding diaryl/α,β-unsaturated/α-hetero) is 1. The van der Waals surface area contributed by atoms with Crippen molar-refractivity contribution in [1.29, 1.82) is 0 Å². The minimum atomic E-state index is 0.343. The van der Waals surface area contributed by atoms with Crippen molar-refractivity contribution in [2.75, 3.05) is 0 Å². The Hall–Kier alpha value is -0.850. The summed E-state index contributed by atoms with van der Waals surface area (Å²) in [6.07, 6.45) is 9.43. The fourth-order valence-corrected chi connectivity index (χ4v) is 1.76. The van der Waals surface area contributed by atoms with Crippen molar-refractivity contribution in [3.63, 3.8) is 0 Å². The van der Waals surface area contributed by atoms with Gasteiger partial charge in [-0.15, -0.1) is 6.58 Å². The number of carbonyl (C=O) groups is 1. The second kappa shape index (κ2) is 5.79. The predicted octanol–water partition coefficient (Wildman–Crippen LogP) is 3.80. The molecular weight excluding hydrogens is 172 g/mol. The molecule has 0 aromatic rings. The Morgan fingerprint density at radius 3 is 2.86 bits per heavy atom. The van der Waals surface area contributed by atoms with Gasteiger partial charge in [-0.2, -0.15) is 0 Å². The van der Waals surface area contributed by atoms with Crippen molar-refractivity contribution in [1.82, 2.24) is 0 Å². The zero-order valence-electron chi connectivity index (χ0n) is 9.14. The minimum absolute atomic E-state index is 0.343. The van der Waals surface area contributed by atoms with Gasteiger partial charge in [0.05, 0.1) is 0 Å². The molecule has 78 valence electrons. The highest BCUT2D eigenvalue weighted by Crippen LogP contribution is 2.19. The molecule has 0 unspecified atom stereocenters. The van der Waals surface area contributed by atoms with Gasteiger partial charge in [0.25, 0.3) is 0 Å². The van der Waals surface area contributed by atoms with Crippen molar-refractivity contribution in [3.05, 3.63) is 23.8 Å². The summed E-state index contributed by atoms with van der Waals surface area (Å²) in [5, 5.41) is 0. The van der Waals surface area contributed by atoms with Gasteiger partial charge < -0.3 is 0 Å². The summed E-state index contributed by atoms with van der Waals surface area (Å²) in [4.78, 5) is 11.7. The van der Waals surface area contributed by atoms with E-state index >= 15 is 0 Å². The van der Waals surface area contributed by atoms with Crippen LogP contribution >= 0.6 is 0 Å². The van der Waals surface area contributed by atoms with Gasteiger partial charge in [0.15, 0.2) is 5.78 Å². The first-order chi connectivity index (χ1) is 6.70. The Bertz CT molecular complexity index is 248. The van der Waals surface area contributed by atoms with Crippen molar-refractivity contribution >= 4 is 5.78 Å². The van der Waals surface area contributed by atoms with E-state index in [0.29, 0.717) is 12.2 Å². The number of carbonyl (C=O) groups excluding carboxylic acids is 1. The molecule has 0 aromatic heterocycles. The number of hydrogen-bond donors (Lipinski definition) is 0. The van der Waals surface area contributed by atoms with E-state index in [-0.39, 0.29) is 0 Å². The van der Waals surface area contributed by atoms with Crippen LogP contribution in [0, 0.1) is 0 Å². The third-order valence-corrected chi connectivity index (χ3v) is 2.68. The van der Waals surface area contributed by atoms with Crippen LogP contribution in [0.2, 0.25) is 0 Å². The van der Waals surface area contributed by atoms with Crippen molar-refractivity contribution in [2.24, 2.45) is 0 Å². The van der Waals surface area contributed by atoms with Crippen molar-refractivity contribution in [3.8, 4) is 0 Å². The van der Waals surface area contributed by atoms with Crippen LogP contribution in [0.3, 0.4) is 0 Å². The smallest absolute Gasteiger partial charge is 0.158 e. The van der Waals surface area contributed by atoms with Crippen LogP contribution in [0.25, 0.3) is 0 Å². The first kappa shape index (κ1) is 11.2. The third kappa shape index (κ3) is 3.91. The molecule has 0 aliphatic heterocycles. The molecule has 0 fully saturated rings. The van der Waals surface area contributed by atoms with Gasteiger partial charge >= 0.3 is 0 Å². The molecule has 0 radical (unpaired) electrons. The molecule has 0 N–H and O–H groups in total. The number of hydrogen-bond acceptors (Lipinski definition) is 1. The molecular formula is C13H20O. The van der Waals surface area contributed by atoms with Gasteiger partial charge in [-0.25, -0.2) is 0 Å². The first-order valence-corrected chi connectivity index (χ1v) is 5.57. The van der Waals surface area contributed by atoms with Gasteiger partial charge in [-0.05, 0) is 44.6 Å². The second-order valence-corrected chi connectivity index (χ2v) is 4.21. The van der Waals surface area contributed by atoms with E-state index in [1.807, 2.05) is 6.92 Å². The molecule has 0 heterocycles. The highest BCUT2D eigenvalue weighted by atomic mass is 16.1. The largest absolute Gasteiger partial charge is 0.295 e. The van der Waals surface area contributed by atoms with Crippen LogP contribution in [0.4, 0.5) is 0 Å². The summed E-state index contributed by atoms with van der Waals surface area (Å²) in [6.45, 7) is 5.80. The maximum atomic E-state index is 11.7. The standard InChI is InChI=1S/C13H20O/c1-11(2)9-10-13(14)12-7-5-3-4-6-8-12/h7H,1,3-6,8-10H2,2H3. The normalized spacial score (nSPS) is 17.1. The van der Waals surface area contributed by atoms with Crippen LogP contribution in [0.15, 0.2) is 23.8 Å². The number of ketones is 1. The lowest BCUT2D eigenvalue weighted by molar-refractivity contribution is -0.115. The van der Waals surface area contributed by atoms with Gasteiger partial charge in [0.2, 0.25) is 0 Å². The maximum absolute atomic E-state index is 11.7. The molecule has 0 saturated heterocycles. The Balaban J connectivity index is 2.42. The first-order valence-electron chi connectivity index (χ1n) is 5.57. The molecule has 0 atom stereocenters. The average molecular weight is 192 g/mol. The van der Waals surface area contributed by atoms with E-state index in [0.717, 1.165) is 30.4 Å². The van der Waals surface area contributed by atoms with Crippen molar-refractivity contribution in [2.45, 2.75) is 51.9 Å². The Labute approximate surface area is 86.9 Å². The van der Waals surface area contributed by atoms with E-state index < -0.39 is 0 Å². The molecule has 0 aromatic carbocycles. The van der Waals surface area contributed by atoms with E-state index in [2.05, 4.69) is 12.7 Å². The Kier molecular flexibility index (Phi) is 4.64. The highest BCUT2D eigenvalue weighted by molar-refractivity contribution is 5.95. The molecule has 1 heteroatoms. The maximum Gasteiger partial charge on any atom is 0.158 e. The zero-order valence-corrected chi connectivity index (χ0v) is 9.14. The summed E-state index contributed by atoms with van der Waals surface area (Å²) >= 11 is 0. The lowest BCUT2D eigenvalue weighted by atomic mass is 10.0. The summed E-state index contributed by atoms with van der Waals surface area (Å²) in [5.41, 5.74) is 2.18. The summed E-state index contributed by atoms with van der Waals surface area (Å²) in [5.74, 6) is 0.343. The van der Waals surface area contributed by atoms with Crippen LogP contribution < -0.4 is 0 Å². The van der Waals surface area contributed by atoms with Crippen LogP contribution in [0.1, 0.15) is 51.9 Å². The SMILES string of the molecule is C=C(C)CCC(=O)C1=CCCCCC1. The van der Waals surface area contributed by atoms with E-state index in [1.165, 1.54) is 19.3 Å². The topological polar surface area (TPSA) is 17.1 Å². The summed E-state index contributed by atoms with van der Waals surface area (Å²) < 4.78 is 0. The fraction of sp³-hybridized carbons (Fsp3) is 0.615. The Morgan fingerprint density at radius 2 is 2.14 bits per heavy atom. The molecule has 1 rings (SSSR count). The molecule has 0 saturated carbocycles. The fourth-order valence-electron chi connectivity index (χ4n) is 1.76. The van der Waals surface area contributed by atoms with E-state index in [4.69, 9.17) is 0 Å². The lowest BCUT2D eigenvalue weighted by Crippen LogP contribution is -2.02. The van der Waals surface area contributed by atoms with Gasteiger partial charge in [-0.3, -0.25) is 4.79 Å². The predicted molar refractivity (Wildman–Crippen MR) is 60.2 cm³/mol. The molecule has 1 nitrogen and oxygen atoms in total. The molecule has 0 bridgehead atoms. The summed E-state index contributed by atoms with van der Waals surface area (Å²) in [7, 11) is 0. The zero-order chi connectivity index (χ0) is 10.4. The molecule has 0 spiro atoms. The Morgan fingerprint density at radius 1 is 1.36 bits per heavy atom. The average Bonchev–Trinajstić information content (AvgIpc) is 2.42. The molecule has 1 aliphatic rings. The number of allylic oxidation sites excluding steroid dienone is 3. The van der Waals surface area contributed by atoms with Crippen LogP contribution in [-0.4, -0.2) is 5.78 Å². The molecule has 0 amide bonds. The van der Waals surface area contributed by atoms with Gasteiger partial charge in [-0.1, -0.05) is 18.1 Å². The van der Waals surface area contributed by atoms with Crippen molar-refractivity contribution < 1.29 is 4.79 Å². The lowest BCUT2D eigenvalue weighted by Gasteiger charge is -2.03. The quantitative estimate of drug-likeness (QED) is 0.619. The van der Waals surface area contributed by atoms with Gasteiger partial charge in [0, 0.05) is 6.42 Å². The monoisotopic (exact) mass is 192 g/mol. The van der Waals surface area contributed by atoms with E-state index in [9.17, 15) is 4.79 Å². The highest BCUT2D eigenvalue weighted by Gasteiger charge is 2.10. The second-order valence-electron chi connectivity index (χ2n) is 4.21. The molecule has 1 aliphatic carbocycles. The minimum Gasteiger partial charge on any atom is -0.295 e. The summed E-state index contributed by atoms with van der Waals surface area (Å²) in [6, 6.07) is 0. The van der Waals surface area contributed by atoms with Gasteiger partial charge in [0.1, 0.15) is 0 Å². The third-order valence-electron chi connectivity index (χ3n) is 2.68.